The number of carboxylic acid groups (broad SMARTS) is 1. The molecule has 3 heteroatoms. The summed E-state index contributed by atoms with van der Waals surface area (Å²) in [6.07, 6.45) is 17.6. The summed E-state index contributed by atoms with van der Waals surface area (Å²) in [5, 5.41) is 18.1. The quantitative estimate of drug-likeness (QED) is 0.295. The number of aliphatic hydroxyl groups is 1. The van der Waals surface area contributed by atoms with E-state index < -0.39 is 5.97 Å². The maximum atomic E-state index is 10.3. The van der Waals surface area contributed by atoms with Crippen LogP contribution in [0.4, 0.5) is 0 Å². The van der Waals surface area contributed by atoms with E-state index in [1.807, 2.05) is 24.3 Å². The van der Waals surface area contributed by atoms with E-state index in [2.05, 4.69) is 13.0 Å². The number of hydrogen-bond acceptors (Lipinski definition) is 2. The summed E-state index contributed by atoms with van der Waals surface area (Å²) < 4.78 is 0. The van der Waals surface area contributed by atoms with Gasteiger partial charge in [0.2, 0.25) is 0 Å². The van der Waals surface area contributed by atoms with Crippen LogP contribution in [0, 0.1) is 0 Å². The lowest BCUT2D eigenvalue weighted by molar-refractivity contribution is -0.137. The second-order valence-electron chi connectivity index (χ2n) is 4.85. The molecule has 0 heterocycles. The average Bonchev–Trinajstić information content (AvgIpc) is 2.41. The number of aliphatic hydroxyl groups excluding tert-OH is 1. The zero-order valence-electron chi connectivity index (χ0n) is 12.6. The molecule has 0 amide bonds. The lowest BCUT2D eigenvalue weighted by atomic mass is 10.1. The van der Waals surface area contributed by atoms with Crippen molar-refractivity contribution in [3.8, 4) is 0 Å². The Bertz CT molecular complexity index is 327. The van der Waals surface area contributed by atoms with Gasteiger partial charge in [-0.1, -0.05) is 44.1 Å². The van der Waals surface area contributed by atoms with Crippen molar-refractivity contribution >= 4 is 5.97 Å². The first-order valence-electron chi connectivity index (χ1n) is 7.56. The third-order valence-electron chi connectivity index (χ3n) is 2.89. The third-order valence-corrected chi connectivity index (χ3v) is 2.89. The van der Waals surface area contributed by atoms with Gasteiger partial charge in [-0.15, -0.1) is 0 Å². The Morgan fingerprint density at radius 3 is 2.30 bits per heavy atom. The second kappa shape index (κ2) is 13.9. The molecule has 0 saturated heterocycles. The second-order valence-corrected chi connectivity index (χ2v) is 4.85. The molecule has 0 saturated carbocycles. The zero-order chi connectivity index (χ0) is 15.1. The van der Waals surface area contributed by atoms with E-state index in [4.69, 9.17) is 5.11 Å². The molecule has 0 aliphatic heterocycles. The van der Waals surface area contributed by atoms with Gasteiger partial charge in [0.1, 0.15) is 0 Å². The maximum absolute atomic E-state index is 10.3. The third kappa shape index (κ3) is 14.6. The fourth-order valence-corrected chi connectivity index (χ4v) is 1.72. The first-order valence-corrected chi connectivity index (χ1v) is 7.56. The van der Waals surface area contributed by atoms with Gasteiger partial charge in [-0.25, -0.2) is 0 Å². The van der Waals surface area contributed by atoms with Crippen LogP contribution >= 0.6 is 0 Å². The smallest absolute Gasteiger partial charge is 0.303 e. The highest BCUT2D eigenvalue weighted by Crippen LogP contribution is 2.07. The van der Waals surface area contributed by atoms with Gasteiger partial charge in [-0.3, -0.25) is 4.79 Å². The van der Waals surface area contributed by atoms with Gasteiger partial charge in [-0.2, -0.15) is 0 Å². The number of unbranched alkanes of at least 4 members (excludes halogenated alkanes) is 3. The fourth-order valence-electron chi connectivity index (χ4n) is 1.72. The fraction of sp³-hybridized carbons (Fsp3) is 0.588. The van der Waals surface area contributed by atoms with Crippen LogP contribution in [0.25, 0.3) is 0 Å². The van der Waals surface area contributed by atoms with Crippen molar-refractivity contribution in [2.75, 3.05) is 0 Å². The van der Waals surface area contributed by atoms with Crippen molar-refractivity contribution < 1.29 is 15.0 Å². The first kappa shape index (κ1) is 18.5. The maximum Gasteiger partial charge on any atom is 0.303 e. The molecule has 0 atom stereocenters. The Balaban J connectivity index is 3.53. The first-order chi connectivity index (χ1) is 9.66. The predicted molar refractivity (Wildman–Crippen MR) is 83.9 cm³/mol. The molecule has 0 fully saturated rings. The lowest BCUT2D eigenvalue weighted by Crippen LogP contribution is -1.92. The Kier molecular flexibility index (Phi) is 12.9. The average molecular weight is 280 g/mol. The van der Waals surface area contributed by atoms with Crippen molar-refractivity contribution in [3.63, 3.8) is 0 Å². The Morgan fingerprint density at radius 1 is 0.900 bits per heavy atom. The highest BCUT2D eigenvalue weighted by Gasteiger charge is 1.93. The number of carbonyl (C=O) groups is 1. The van der Waals surface area contributed by atoms with Crippen LogP contribution in [-0.4, -0.2) is 16.2 Å². The van der Waals surface area contributed by atoms with Crippen LogP contribution in [0.15, 0.2) is 36.1 Å². The molecule has 0 unspecified atom stereocenters. The summed E-state index contributed by atoms with van der Waals surface area (Å²) in [6.45, 7) is 2.15. The minimum absolute atomic E-state index is 0.238. The monoisotopic (exact) mass is 280 g/mol. The number of aliphatic carboxylic acids is 1. The summed E-state index contributed by atoms with van der Waals surface area (Å²) >= 11 is 0. The van der Waals surface area contributed by atoms with E-state index in [-0.39, 0.29) is 6.42 Å². The van der Waals surface area contributed by atoms with E-state index >= 15 is 0 Å². The summed E-state index contributed by atoms with van der Waals surface area (Å²) in [7, 11) is 0. The molecule has 2 N–H and O–H groups in total. The number of allylic oxidation sites excluding steroid dienone is 6. The molecular formula is C17H28O3. The Hall–Kier alpha value is -1.51. The van der Waals surface area contributed by atoms with E-state index in [0.717, 1.165) is 32.1 Å². The Labute approximate surface area is 122 Å². The molecule has 0 aromatic rings. The summed E-state index contributed by atoms with van der Waals surface area (Å²) in [6, 6.07) is 0. The van der Waals surface area contributed by atoms with Crippen molar-refractivity contribution in [1.82, 2.24) is 0 Å². The van der Waals surface area contributed by atoms with E-state index in [1.54, 1.807) is 0 Å². The predicted octanol–water partition coefficient (Wildman–Crippen LogP) is 5.16. The van der Waals surface area contributed by atoms with Gasteiger partial charge in [0.25, 0.3) is 0 Å². The van der Waals surface area contributed by atoms with Crippen LogP contribution in [0.1, 0.15) is 64.7 Å². The van der Waals surface area contributed by atoms with Gasteiger partial charge >= 0.3 is 5.97 Å². The van der Waals surface area contributed by atoms with Crippen molar-refractivity contribution in [2.24, 2.45) is 0 Å². The SMILES string of the molecule is CCCCCC(O)=CCC=CCC=CCCCC(=O)O. The number of rotatable bonds is 12. The minimum atomic E-state index is -0.733. The van der Waals surface area contributed by atoms with Crippen molar-refractivity contribution in [2.45, 2.75) is 64.7 Å². The molecule has 0 bridgehead atoms. The van der Waals surface area contributed by atoms with Crippen LogP contribution in [-0.2, 0) is 4.79 Å². The van der Waals surface area contributed by atoms with Gasteiger partial charge in [0, 0.05) is 12.8 Å². The number of hydrogen-bond donors (Lipinski definition) is 2. The minimum Gasteiger partial charge on any atom is -0.513 e. The summed E-state index contributed by atoms with van der Waals surface area (Å²) in [4.78, 5) is 10.3. The summed E-state index contributed by atoms with van der Waals surface area (Å²) in [5.74, 6) is -0.240. The molecular weight excluding hydrogens is 252 g/mol. The normalized spacial score (nSPS) is 12.6. The van der Waals surface area contributed by atoms with Crippen LogP contribution in [0.5, 0.6) is 0 Å². The van der Waals surface area contributed by atoms with Crippen LogP contribution < -0.4 is 0 Å². The molecule has 0 aliphatic carbocycles. The zero-order valence-corrected chi connectivity index (χ0v) is 12.6. The molecule has 0 radical (unpaired) electrons. The van der Waals surface area contributed by atoms with Gasteiger partial charge < -0.3 is 10.2 Å². The van der Waals surface area contributed by atoms with Crippen LogP contribution in [0.3, 0.4) is 0 Å². The van der Waals surface area contributed by atoms with E-state index in [9.17, 15) is 9.90 Å². The summed E-state index contributed by atoms with van der Waals surface area (Å²) in [5.41, 5.74) is 0. The van der Waals surface area contributed by atoms with Gasteiger partial charge in [0.05, 0.1) is 5.76 Å². The molecule has 0 spiro atoms. The van der Waals surface area contributed by atoms with E-state index in [0.29, 0.717) is 12.2 Å². The van der Waals surface area contributed by atoms with Crippen molar-refractivity contribution in [1.29, 1.82) is 0 Å². The van der Waals surface area contributed by atoms with Gasteiger partial charge in [-0.05, 0) is 38.2 Å². The highest BCUT2D eigenvalue weighted by atomic mass is 16.4. The van der Waals surface area contributed by atoms with Crippen LogP contribution in [0.2, 0.25) is 0 Å². The number of carboxylic acids is 1. The lowest BCUT2D eigenvalue weighted by Gasteiger charge is -1.97. The largest absolute Gasteiger partial charge is 0.513 e. The molecule has 0 aromatic heterocycles. The molecule has 114 valence electrons. The van der Waals surface area contributed by atoms with Gasteiger partial charge in [0.15, 0.2) is 0 Å². The molecule has 0 aliphatic rings. The molecule has 3 nitrogen and oxygen atoms in total. The Morgan fingerprint density at radius 2 is 1.60 bits per heavy atom. The highest BCUT2D eigenvalue weighted by molar-refractivity contribution is 5.66. The van der Waals surface area contributed by atoms with Crippen molar-refractivity contribution in [3.05, 3.63) is 36.1 Å². The topological polar surface area (TPSA) is 57.5 Å². The molecule has 0 aromatic carbocycles. The standard InChI is InChI=1S/C17H28O3/c1-2-3-10-13-16(18)14-11-8-6-4-5-7-9-12-15-17(19)20/h5-8,14,18H,2-4,9-13,15H2,1H3,(H,19,20). The molecule has 20 heavy (non-hydrogen) atoms. The molecule has 0 rings (SSSR count). The van der Waals surface area contributed by atoms with E-state index in [1.165, 1.54) is 12.8 Å².